The van der Waals surface area contributed by atoms with E-state index < -0.39 is 48.8 Å². The van der Waals surface area contributed by atoms with Crippen LogP contribution in [0.25, 0.3) is 0 Å². The average Bonchev–Trinajstić information content (AvgIpc) is 3.13. The Morgan fingerprint density at radius 2 is 2.03 bits per heavy atom. The number of morpholine rings is 1. The Morgan fingerprint density at radius 1 is 1.21 bits per heavy atom. The maximum absolute atomic E-state index is 14.7. The molecule has 1 unspecified atom stereocenters. The summed E-state index contributed by atoms with van der Waals surface area (Å²) in [7, 11) is 0. The minimum Gasteiger partial charge on any atom is -0.381 e. The van der Waals surface area contributed by atoms with Crippen LogP contribution < -0.4 is 10.6 Å². The number of ether oxygens (including phenoxy) is 1. The predicted molar refractivity (Wildman–Crippen MR) is 122 cm³/mol. The van der Waals surface area contributed by atoms with Crippen molar-refractivity contribution >= 4 is 23.4 Å². The number of hydrogen-bond acceptors (Lipinski definition) is 6. The number of rotatable bonds is 6. The number of carbonyl (C=O) groups excluding carboxylic acids is 3. The smallest absolute Gasteiger partial charge is 0.255 e. The number of amides is 3. The second-order valence-corrected chi connectivity index (χ2v) is 8.03. The molecule has 5 rings (SSSR count). The molecule has 2 aromatic carbocycles. The Hall–Kier alpha value is -3.30. The van der Waals surface area contributed by atoms with Crippen LogP contribution in [0.2, 0.25) is 0 Å². The van der Waals surface area contributed by atoms with Crippen LogP contribution in [0, 0.1) is 5.82 Å². The third-order valence-electron chi connectivity index (χ3n) is 5.77. The van der Waals surface area contributed by atoms with Gasteiger partial charge in [-0.2, -0.15) is 0 Å². The number of imide groups is 1. The minimum absolute atomic E-state index is 0.0268. The molecule has 0 aromatic heterocycles. The van der Waals surface area contributed by atoms with Gasteiger partial charge in [-0.25, -0.2) is 4.39 Å². The van der Waals surface area contributed by atoms with Gasteiger partial charge in [0, 0.05) is 66.9 Å². The van der Waals surface area contributed by atoms with Crippen LogP contribution in [0.3, 0.4) is 0 Å². The predicted octanol–water partition coefficient (Wildman–Crippen LogP) is 2.03. The SMILES string of the molecule is [2H]C1([2H])c2c(NCc3cc(CN4CCOCC4)ccc3F)cccc2C(=O)N1C1([2H])C(=O)NC(=O)C([2H])([2H])C1([2H])[2H]. The fraction of sp³-hybridized carbons (Fsp3) is 0.400. The zero-order chi connectivity index (χ0) is 30.0. The highest BCUT2D eigenvalue weighted by atomic mass is 19.1. The van der Waals surface area contributed by atoms with Crippen molar-refractivity contribution in [2.75, 3.05) is 31.6 Å². The van der Waals surface area contributed by atoms with Gasteiger partial charge in [0.25, 0.3) is 5.91 Å². The highest BCUT2D eigenvalue weighted by Gasteiger charge is 2.39. The number of hydrogen-bond donors (Lipinski definition) is 2. The zero-order valence-corrected chi connectivity index (χ0v) is 18.1. The molecular formula is C25H27FN4O4. The van der Waals surface area contributed by atoms with Crippen molar-refractivity contribution in [1.29, 1.82) is 0 Å². The van der Waals surface area contributed by atoms with E-state index in [1.54, 1.807) is 17.4 Å². The van der Waals surface area contributed by atoms with E-state index in [-0.39, 0.29) is 33.8 Å². The molecule has 3 amide bonds. The molecule has 0 bridgehead atoms. The van der Waals surface area contributed by atoms with Crippen LogP contribution >= 0.6 is 0 Å². The van der Waals surface area contributed by atoms with E-state index in [4.69, 9.17) is 14.3 Å². The standard InChI is InChI=1S/C25H27FN4O4/c26-20-5-4-16(14-29-8-10-34-11-9-29)12-17(20)13-27-21-3-1-2-18-19(21)15-30(25(18)33)22-6-7-23(31)28-24(22)32/h1-5,12,22,27H,6-11,13-15H2,(H,28,31,32)/i6D2,7D2,15D2,22D. The van der Waals surface area contributed by atoms with Gasteiger partial charge in [-0.1, -0.05) is 12.1 Å². The Balaban J connectivity index is 1.46. The quantitative estimate of drug-likeness (QED) is 0.624. The molecule has 3 aliphatic rings. The molecule has 2 aromatic rings. The molecule has 8 nitrogen and oxygen atoms in total. The summed E-state index contributed by atoms with van der Waals surface area (Å²) in [5.41, 5.74) is 0.518. The molecule has 3 aliphatic heterocycles. The molecular weight excluding hydrogens is 439 g/mol. The van der Waals surface area contributed by atoms with Crippen molar-refractivity contribution in [3.05, 3.63) is 64.5 Å². The van der Waals surface area contributed by atoms with Crippen LogP contribution in [0.4, 0.5) is 10.1 Å². The lowest BCUT2D eigenvalue weighted by Crippen LogP contribution is -2.52. The first-order chi connectivity index (χ1) is 19.1. The lowest BCUT2D eigenvalue weighted by Gasteiger charge is -2.29. The Labute approximate surface area is 206 Å². The van der Waals surface area contributed by atoms with E-state index in [0.717, 1.165) is 18.7 Å². The van der Waals surface area contributed by atoms with Gasteiger partial charge in [0.1, 0.15) is 11.8 Å². The number of fused-ring (bicyclic) bond motifs is 1. The third kappa shape index (κ3) is 4.53. The van der Waals surface area contributed by atoms with E-state index in [2.05, 4.69) is 10.2 Å². The van der Waals surface area contributed by atoms with Crippen LogP contribution in [0.15, 0.2) is 36.4 Å². The van der Waals surface area contributed by atoms with E-state index in [0.29, 0.717) is 19.8 Å². The third-order valence-corrected chi connectivity index (χ3v) is 5.77. The molecule has 1 atom stereocenters. The van der Waals surface area contributed by atoms with Crippen molar-refractivity contribution in [3.63, 3.8) is 0 Å². The maximum atomic E-state index is 14.7. The topological polar surface area (TPSA) is 91.0 Å². The van der Waals surface area contributed by atoms with E-state index in [9.17, 15) is 18.8 Å². The highest BCUT2D eigenvalue weighted by molar-refractivity contribution is 6.06. The number of anilines is 1. The summed E-state index contributed by atoms with van der Waals surface area (Å²) in [6.07, 6.45) is -7.08. The summed E-state index contributed by atoms with van der Waals surface area (Å²) >= 11 is 0. The van der Waals surface area contributed by atoms with E-state index >= 15 is 0 Å². The van der Waals surface area contributed by atoms with Crippen LogP contribution in [0.1, 0.15) is 49.4 Å². The number of halogens is 1. The number of benzene rings is 2. The first kappa shape index (κ1) is 15.6. The van der Waals surface area contributed by atoms with Crippen LogP contribution in [0.5, 0.6) is 0 Å². The van der Waals surface area contributed by atoms with Crippen LogP contribution in [-0.2, 0) is 33.9 Å². The second kappa shape index (κ2) is 9.52. The highest BCUT2D eigenvalue weighted by Crippen LogP contribution is 2.32. The lowest BCUT2D eigenvalue weighted by atomic mass is 10.0. The molecule has 9 heteroatoms. The van der Waals surface area contributed by atoms with Gasteiger partial charge in [-0.3, -0.25) is 24.6 Å². The second-order valence-electron chi connectivity index (χ2n) is 8.03. The summed E-state index contributed by atoms with van der Waals surface area (Å²) in [6.45, 7) is 0.151. The molecule has 0 aliphatic carbocycles. The molecule has 0 saturated carbocycles. The molecule has 0 spiro atoms. The van der Waals surface area contributed by atoms with Crippen molar-refractivity contribution < 1.29 is 33.1 Å². The van der Waals surface area contributed by atoms with Gasteiger partial charge in [-0.15, -0.1) is 0 Å². The van der Waals surface area contributed by atoms with Gasteiger partial charge < -0.3 is 15.0 Å². The molecule has 2 N–H and O–H groups in total. The minimum atomic E-state index is -3.64. The van der Waals surface area contributed by atoms with Crippen molar-refractivity contribution in [2.45, 2.75) is 38.4 Å². The number of nitrogens with one attached hydrogen (secondary N) is 2. The summed E-state index contributed by atoms with van der Waals surface area (Å²) in [4.78, 5) is 40.6. The molecule has 178 valence electrons. The molecule has 0 radical (unpaired) electrons. The summed E-state index contributed by atoms with van der Waals surface area (Å²) < 4.78 is 78.7. The fourth-order valence-electron chi connectivity index (χ4n) is 4.03. The van der Waals surface area contributed by atoms with Crippen LogP contribution in [-0.4, -0.2) is 59.8 Å². The first-order valence-corrected chi connectivity index (χ1v) is 10.8. The molecule has 2 fully saturated rings. The van der Waals surface area contributed by atoms with E-state index in [1.165, 1.54) is 24.3 Å². The van der Waals surface area contributed by atoms with Gasteiger partial charge in [0.15, 0.2) is 0 Å². The van der Waals surface area contributed by atoms with Gasteiger partial charge in [0.2, 0.25) is 11.8 Å². The summed E-state index contributed by atoms with van der Waals surface area (Å²) in [6, 6.07) is 5.22. The lowest BCUT2D eigenvalue weighted by molar-refractivity contribution is -0.136. The normalized spacial score (nSPS) is 30.6. The average molecular weight is 474 g/mol. The van der Waals surface area contributed by atoms with Gasteiger partial charge >= 0.3 is 0 Å². The largest absolute Gasteiger partial charge is 0.381 e. The van der Waals surface area contributed by atoms with Crippen molar-refractivity contribution in [2.24, 2.45) is 0 Å². The fourth-order valence-corrected chi connectivity index (χ4v) is 4.03. The molecule has 3 heterocycles. The summed E-state index contributed by atoms with van der Waals surface area (Å²) in [5, 5.41) is 4.50. The van der Waals surface area contributed by atoms with E-state index in [1.807, 2.05) is 0 Å². The zero-order valence-electron chi connectivity index (χ0n) is 25.1. The summed E-state index contributed by atoms with van der Waals surface area (Å²) in [5.74, 6) is -5.08. The van der Waals surface area contributed by atoms with Gasteiger partial charge in [0.05, 0.1) is 17.3 Å². The number of carbonyl (C=O) groups is 3. The van der Waals surface area contributed by atoms with Gasteiger partial charge in [-0.05, 0) is 36.2 Å². The van der Waals surface area contributed by atoms with Crippen molar-refractivity contribution in [3.8, 4) is 0 Å². The van der Waals surface area contributed by atoms with Crippen molar-refractivity contribution in [1.82, 2.24) is 15.1 Å². The Morgan fingerprint density at radius 3 is 2.85 bits per heavy atom. The Kier molecular flexibility index (Phi) is 4.36. The molecule has 2 saturated heterocycles. The first-order valence-electron chi connectivity index (χ1n) is 14.3. The maximum Gasteiger partial charge on any atom is 0.255 e. The monoisotopic (exact) mass is 473 g/mol. The number of piperidine rings is 1. The molecule has 34 heavy (non-hydrogen) atoms. The number of nitrogens with zero attached hydrogens (tertiary/aromatic N) is 2. The Bertz CT molecular complexity index is 1440.